The van der Waals surface area contributed by atoms with Crippen LogP contribution in [0.25, 0.3) is 22.0 Å². The van der Waals surface area contributed by atoms with Crippen molar-refractivity contribution in [2.75, 3.05) is 16.7 Å². The summed E-state index contributed by atoms with van der Waals surface area (Å²) in [5.74, 6) is -4.36. The molecule has 16 heteroatoms. The van der Waals surface area contributed by atoms with Gasteiger partial charge in [0.05, 0.1) is 45.8 Å². The van der Waals surface area contributed by atoms with E-state index in [1.54, 1.807) is 0 Å². The van der Waals surface area contributed by atoms with Gasteiger partial charge in [-0.05, 0) is 36.2 Å². The molecule has 1 amide bonds. The number of anilines is 2. The fraction of sp³-hybridized carbons (Fsp3) is 0.208. The number of halogens is 6. The number of aromatic nitrogens is 3. The predicted molar refractivity (Wildman–Crippen MR) is 139 cm³/mol. The Hall–Kier alpha value is -3.98. The lowest BCUT2D eigenvalue weighted by molar-refractivity contribution is -0.174. The monoisotopic (exact) mass is 602 g/mol. The number of fused-ring (bicyclic) bond motifs is 1. The van der Waals surface area contributed by atoms with Gasteiger partial charge in [0.25, 0.3) is 0 Å². The van der Waals surface area contributed by atoms with Gasteiger partial charge in [-0.2, -0.15) is 18.3 Å². The number of amides is 1. The molecule has 0 fully saturated rings. The van der Waals surface area contributed by atoms with E-state index in [4.69, 9.17) is 17.3 Å². The van der Waals surface area contributed by atoms with E-state index < -0.39 is 46.2 Å². The summed E-state index contributed by atoms with van der Waals surface area (Å²) in [5, 5.41) is 6.30. The highest BCUT2D eigenvalue weighted by Crippen LogP contribution is 2.40. The number of aryl methyl sites for hydroxylation is 1. The van der Waals surface area contributed by atoms with E-state index in [-0.39, 0.29) is 49.8 Å². The van der Waals surface area contributed by atoms with Crippen LogP contribution in [0.3, 0.4) is 0 Å². The molecule has 0 unspecified atom stereocenters. The molecular weight excluding hydrogens is 583 g/mol. The van der Waals surface area contributed by atoms with Gasteiger partial charge in [0.15, 0.2) is 5.82 Å². The predicted octanol–water partition coefficient (Wildman–Crippen LogP) is 4.48. The Balaban J connectivity index is 1.95. The van der Waals surface area contributed by atoms with Crippen LogP contribution >= 0.6 is 11.6 Å². The molecule has 0 bridgehead atoms. The van der Waals surface area contributed by atoms with Gasteiger partial charge in [0, 0.05) is 24.2 Å². The number of hydrogen-bond donors (Lipinski definition) is 3. The van der Waals surface area contributed by atoms with E-state index in [9.17, 15) is 35.2 Å². The maximum atomic E-state index is 13.9. The van der Waals surface area contributed by atoms with Crippen molar-refractivity contribution in [2.45, 2.75) is 18.6 Å². The number of nitrogens with one attached hydrogen (secondary N) is 2. The van der Waals surface area contributed by atoms with Crippen molar-refractivity contribution in [2.24, 2.45) is 7.05 Å². The van der Waals surface area contributed by atoms with Crippen molar-refractivity contribution in [3.05, 3.63) is 70.5 Å². The minimum Gasteiger partial charge on any atom is -0.397 e. The molecule has 212 valence electrons. The highest BCUT2D eigenvalue weighted by molar-refractivity contribution is 7.92. The lowest BCUT2D eigenvalue weighted by Crippen LogP contribution is -2.40. The summed E-state index contributed by atoms with van der Waals surface area (Å²) in [6, 6.07) is 5.15. The molecule has 4 rings (SSSR count). The summed E-state index contributed by atoms with van der Waals surface area (Å²) >= 11 is 6.37. The second kappa shape index (κ2) is 10.5. The largest absolute Gasteiger partial charge is 0.471 e. The molecule has 0 aliphatic carbocycles. The number of alkyl halides is 3. The smallest absolute Gasteiger partial charge is 0.397 e. The first-order valence-corrected chi connectivity index (χ1v) is 13.5. The van der Waals surface area contributed by atoms with E-state index in [2.05, 4.69) is 14.8 Å². The second-order valence-electron chi connectivity index (χ2n) is 8.87. The number of hydrogen-bond acceptors (Lipinski definition) is 6. The number of nitrogens with two attached hydrogens (primary N) is 1. The van der Waals surface area contributed by atoms with Crippen LogP contribution in [0.1, 0.15) is 17.3 Å². The van der Waals surface area contributed by atoms with Crippen molar-refractivity contribution < 1.29 is 35.2 Å². The molecule has 0 saturated heterocycles. The van der Waals surface area contributed by atoms with Gasteiger partial charge in [-0.15, -0.1) is 0 Å². The minimum atomic E-state index is -5.28. The molecule has 40 heavy (non-hydrogen) atoms. The molecular formula is C24H20ClF5N6O3S. The van der Waals surface area contributed by atoms with E-state index in [1.807, 2.05) is 5.32 Å². The van der Waals surface area contributed by atoms with Crippen LogP contribution < -0.4 is 15.8 Å². The maximum absolute atomic E-state index is 13.9. The van der Waals surface area contributed by atoms with Crippen LogP contribution in [0.4, 0.5) is 33.5 Å². The van der Waals surface area contributed by atoms with Gasteiger partial charge in [-0.3, -0.25) is 19.2 Å². The fourth-order valence-electron chi connectivity index (χ4n) is 4.25. The fourth-order valence-corrected chi connectivity index (χ4v) is 4.98. The van der Waals surface area contributed by atoms with Crippen molar-refractivity contribution in [1.82, 2.24) is 20.1 Å². The molecule has 2 heterocycles. The van der Waals surface area contributed by atoms with Gasteiger partial charge in [0.2, 0.25) is 10.0 Å². The number of rotatable bonds is 7. The number of carbonyl (C=O) groups excluding carboxylic acids is 1. The number of carbonyl (C=O) groups is 1. The van der Waals surface area contributed by atoms with Crippen LogP contribution in [0.2, 0.25) is 5.02 Å². The van der Waals surface area contributed by atoms with Gasteiger partial charge in [-0.25, -0.2) is 17.2 Å². The normalized spacial score (nSPS) is 12.9. The quantitative estimate of drug-likeness (QED) is 0.267. The Labute approximate surface area is 229 Å². The lowest BCUT2D eigenvalue weighted by Gasteiger charge is -2.23. The minimum absolute atomic E-state index is 0.0593. The van der Waals surface area contributed by atoms with Crippen LogP contribution in [-0.4, -0.2) is 41.5 Å². The van der Waals surface area contributed by atoms with E-state index in [0.29, 0.717) is 6.07 Å². The summed E-state index contributed by atoms with van der Waals surface area (Å²) in [7, 11) is -2.30. The summed E-state index contributed by atoms with van der Waals surface area (Å²) in [6.45, 7) is 0. The molecule has 0 radical (unpaired) electrons. The van der Waals surface area contributed by atoms with Crippen molar-refractivity contribution >= 4 is 49.9 Å². The van der Waals surface area contributed by atoms with Crippen LogP contribution in [0.5, 0.6) is 0 Å². The lowest BCUT2D eigenvalue weighted by atomic mass is 9.94. The third kappa shape index (κ3) is 6.25. The number of pyridine rings is 1. The van der Waals surface area contributed by atoms with Gasteiger partial charge in [-0.1, -0.05) is 17.7 Å². The first kappa shape index (κ1) is 29.0. The molecule has 0 spiro atoms. The van der Waals surface area contributed by atoms with E-state index in [1.165, 1.54) is 29.9 Å². The van der Waals surface area contributed by atoms with Gasteiger partial charge in [0.1, 0.15) is 11.6 Å². The Kier molecular flexibility index (Phi) is 7.64. The molecule has 9 nitrogen and oxygen atoms in total. The Morgan fingerprint density at radius 3 is 2.38 bits per heavy atom. The second-order valence-corrected chi connectivity index (χ2v) is 11.0. The number of nitrogens with zero attached hydrogens (tertiary/aromatic N) is 3. The average Bonchev–Trinajstić information content (AvgIpc) is 3.12. The SMILES string of the molecule is Cn1nc(NS(C)(=O)=O)c2c(Cl)ccc(-c3cc(N)cnc3[C@H](Cc3cc(F)cc(F)c3)NC(=O)C(F)(F)F)c21. The number of benzene rings is 2. The Morgan fingerprint density at radius 1 is 1.12 bits per heavy atom. The summed E-state index contributed by atoms with van der Waals surface area (Å²) < 4.78 is 94.9. The summed E-state index contributed by atoms with van der Waals surface area (Å²) in [5.41, 5.74) is 6.51. The number of nitrogen functional groups attached to an aromatic ring is 1. The first-order valence-electron chi connectivity index (χ1n) is 11.2. The molecule has 0 saturated carbocycles. The Morgan fingerprint density at radius 2 is 1.77 bits per heavy atom. The zero-order valence-electron chi connectivity index (χ0n) is 20.6. The van der Waals surface area contributed by atoms with E-state index >= 15 is 0 Å². The topological polar surface area (TPSA) is 132 Å². The highest BCUT2D eigenvalue weighted by Gasteiger charge is 2.40. The number of sulfonamides is 1. The molecule has 2 aromatic carbocycles. The van der Waals surface area contributed by atoms with Gasteiger partial charge < -0.3 is 11.1 Å². The van der Waals surface area contributed by atoms with Crippen molar-refractivity contribution in [3.8, 4) is 11.1 Å². The summed E-state index contributed by atoms with van der Waals surface area (Å²) in [4.78, 5) is 16.2. The third-order valence-electron chi connectivity index (χ3n) is 5.70. The zero-order chi connectivity index (χ0) is 29.6. The zero-order valence-corrected chi connectivity index (χ0v) is 22.2. The van der Waals surface area contributed by atoms with Crippen LogP contribution in [0.15, 0.2) is 42.6 Å². The molecule has 0 aliphatic heterocycles. The highest BCUT2D eigenvalue weighted by atomic mass is 35.5. The molecule has 4 N–H and O–H groups in total. The van der Waals surface area contributed by atoms with Crippen LogP contribution in [-0.2, 0) is 28.3 Å². The average molecular weight is 603 g/mol. The third-order valence-corrected chi connectivity index (χ3v) is 6.58. The first-order chi connectivity index (χ1) is 18.5. The molecule has 1 atom stereocenters. The standard InChI is InChI=1S/C24H20ClF5N6O3S/c1-36-21-15(3-4-17(25)19(21)22(34-36)35-40(2,38)39)16-9-14(31)10-32-20(16)18(33-23(37)24(28,29)30)7-11-5-12(26)8-13(27)6-11/h3-6,8-10,18H,7,31H2,1-2H3,(H,33,37)(H,34,35)/t18-/m0/s1. The van der Waals surface area contributed by atoms with Crippen LogP contribution in [0, 0.1) is 11.6 Å². The maximum Gasteiger partial charge on any atom is 0.471 e. The Bertz CT molecular complexity index is 1720. The molecule has 0 aliphatic rings. The summed E-state index contributed by atoms with van der Waals surface area (Å²) in [6.07, 6.45) is -3.70. The van der Waals surface area contributed by atoms with E-state index in [0.717, 1.165) is 24.6 Å². The molecule has 4 aromatic rings. The molecule has 2 aromatic heterocycles. The van der Waals surface area contributed by atoms with Crippen molar-refractivity contribution in [3.63, 3.8) is 0 Å². The van der Waals surface area contributed by atoms with Crippen molar-refractivity contribution in [1.29, 1.82) is 0 Å². The van der Waals surface area contributed by atoms with Gasteiger partial charge >= 0.3 is 12.1 Å².